The molecule has 2 heterocycles. The third-order valence-electron chi connectivity index (χ3n) is 6.16. The van der Waals surface area contributed by atoms with Gasteiger partial charge in [0.15, 0.2) is 5.82 Å². The summed E-state index contributed by atoms with van der Waals surface area (Å²) in [6.45, 7) is 0. The van der Waals surface area contributed by atoms with E-state index in [1.807, 2.05) is 0 Å². The Hall–Kier alpha value is -2.95. The number of sulfonamides is 1. The van der Waals surface area contributed by atoms with Crippen molar-refractivity contribution in [2.45, 2.75) is 36.7 Å². The minimum atomic E-state index is -3.83. The highest BCUT2D eigenvalue weighted by atomic mass is 35.5. The summed E-state index contributed by atoms with van der Waals surface area (Å²) in [5.41, 5.74) is 0.0570. The zero-order valence-corrected chi connectivity index (χ0v) is 19.0. The van der Waals surface area contributed by atoms with Crippen LogP contribution in [-0.4, -0.2) is 35.3 Å². The molecule has 2 aliphatic rings. The van der Waals surface area contributed by atoms with Gasteiger partial charge in [0.25, 0.3) is 0 Å². The third kappa shape index (κ3) is 4.59. The van der Waals surface area contributed by atoms with E-state index < -0.39 is 16.0 Å². The monoisotopic (exact) mass is 488 g/mol. The van der Waals surface area contributed by atoms with Gasteiger partial charge in [0, 0.05) is 12.3 Å². The number of nitrogens with zero attached hydrogens (tertiary/aromatic N) is 3. The Kier molecular flexibility index (Phi) is 5.59. The molecule has 3 atom stereocenters. The van der Waals surface area contributed by atoms with E-state index >= 15 is 0 Å². The number of pyridine rings is 1. The van der Waals surface area contributed by atoms with E-state index in [4.69, 9.17) is 26.2 Å². The van der Waals surface area contributed by atoms with Crippen LogP contribution in [-0.2, 0) is 10.0 Å². The van der Waals surface area contributed by atoms with Crippen LogP contribution < -0.4 is 14.6 Å². The second-order valence-corrected chi connectivity index (χ2v) is 10.3. The highest BCUT2D eigenvalue weighted by Crippen LogP contribution is 2.45. The Balaban J connectivity index is 1.26. The zero-order valence-electron chi connectivity index (χ0n) is 17.4. The van der Waals surface area contributed by atoms with Gasteiger partial charge in [-0.2, -0.15) is 0 Å². The van der Waals surface area contributed by atoms with Crippen molar-refractivity contribution in [3.63, 3.8) is 0 Å². The second kappa shape index (κ2) is 8.44. The number of hydrogen-bond acceptors (Lipinski definition) is 7. The summed E-state index contributed by atoms with van der Waals surface area (Å²) in [6.07, 6.45) is 6.81. The van der Waals surface area contributed by atoms with Gasteiger partial charge in [-0.05, 0) is 73.9 Å². The maximum Gasteiger partial charge on any atom is 0.346 e. The van der Waals surface area contributed by atoms with E-state index in [2.05, 4.69) is 10.1 Å². The largest absolute Gasteiger partial charge is 0.473 e. The highest BCUT2D eigenvalue weighted by molar-refractivity contribution is 7.89. The van der Waals surface area contributed by atoms with Gasteiger partial charge in [0.1, 0.15) is 17.0 Å². The van der Waals surface area contributed by atoms with Crippen LogP contribution in [0.15, 0.2) is 53.6 Å². The van der Waals surface area contributed by atoms with Crippen molar-refractivity contribution < 1.29 is 22.7 Å². The molecule has 5 rings (SSSR count). The lowest BCUT2D eigenvalue weighted by Crippen LogP contribution is -2.23. The zero-order chi connectivity index (χ0) is 23.2. The van der Waals surface area contributed by atoms with Crippen LogP contribution >= 0.6 is 11.6 Å². The lowest BCUT2D eigenvalue weighted by atomic mass is 9.98. The van der Waals surface area contributed by atoms with Crippen LogP contribution in [0.3, 0.4) is 0 Å². The molecule has 33 heavy (non-hydrogen) atoms. The van der Waals surface area contributed by atoms with Crippen LogP contribution in [0.2, 0.25) is 5.15 Å². The summed E-state index contributed by atoms with van der Waals surface area (Å²) in [6, 6.07) is 10.0. The van der Waals surface area contributed by atoms with Crippen molar-refractivity contribution in [3.8, 4) is 17.4 Å². The highest BCUT2D eigenvalue weighted by Gasteiger charge is 2.41. The molecule has 2 aliphatic carbocycles. The Morgan fingerprint density at radius 2 is 1.88 bits per heavy atom. The SMILES string of the molecule is NS(=O)(=O)c1ccc(OC(=O)c2ccc(-n3ccc(O[C@H]4C[C@H]5CC[C@@H]4C5)n3)nc2Cl)cc1. The molecule has 2 saturated carbocycles. The molecule has 2 fully saturated rings. The van der Waals surface area contributed by atoms with Crippen LogP contribution in [0.1, 0.15) is 36.0 Å². The molecule has 1 aromatic carbocycles. The maximum absolute atomic E-state index is 12.5. The van der Waals surface area contributed by atoms with Crippen molar-refractivity contribution >= 4 is 27.6 Å². The molecule has 2 aromatic heterocycles. The molecular formula is C22H21ClN4O5S. The van der Waals surface area contributed by atoms with Crippen molar-refractivity contribution in [1.82, 2.24) is 14.8 Å². The number of halogens is 1. The first-order valence-corrected chi connectivity index (χ1v) is 12.4. The van der Waals surface area contributed by atoms with Gasteiger partial charge >= 0.3 is 5.97 Å². The number of nitrogens with two attached hydrogens (primary N) is 1. The molecule has 2 N–H and O–H groups in total. The summed E-state index contributed by atoms with van der Waals surface area (Å²) >= 11 is 6.23. The first-order chi connectivity index (χ1) is 15.8. The van der Waals surface area contributed by atoms with E-state index in [0.717, 1.165) is 12.3 Å². The second-order valence-electron chi connectivity index (χ2n) is 8.34. The first-order valence-electron chi connectivity index (χ1n) is 10.5. The summed E-state index contributed by atoms with van der Waals surface area (Å²) in [5.74, 6) is 1.77. The summed E-state index contributed by atoms with van der Waals surface area (Å²) in [7, 11) is -3.83. The van der Waals surface area contributed by atoms with Gasteiger partial charge in [-0.3, -0.25) is 0 Å². The number of aromatic nitrogens is 3. The summed E-state index contributed by atoms with van der Waals surface area (Å²) in [5, 5.41) is 9.45. The number of ether oxygens (including phenoxy) is 2. The lowest BCUT2D eigenvalue weighted by Gasteiger charge is -2.21. The number of primary sulfonamides is 1. The van der Waals surface area contributed by atoms with Gasteiger partial charge in [-0.15, -0.1) is 5.10 Å². The number of esters is 1. The van der Waals surface area contributed by atoms with Crippen LogP contribution in [0.25, 0.3) is 5.82 Å². The fourth-order valence-corrected chi connectivity index (χ4v) is 5.29. The Labute approximate surface area is 195 Å². The fraction of sp³-hybridized carbons (Fsp3) is 0.318. The molecule has 0 aliphatic heterocycles. The van der Waals surface area contributed by atoms with Crippen LogP contribution in [0.5, 0.6) is 11.6 Å². The van der Waals surface area contributed by atoms with Crippen molar-refractivity contribution in [1.29, 1.82) is 0 Å². The number of carbonyl (C=O) groups excluding carboxylic acids is 1. The van der Waals surface area contributed by atoms with Gasteiger partial charge in [-0.1, -0.05) is 11.6 Å². The van der Waals surface area contributed by atoms with E-state index in [1.54, 1.807) is 18.3 Å². The Bertz CT molecular complexity index is 1310. The predicted octanol–water partition coefficient (Wildman–Crippen LogP) is 3.35. The molecule has 0 radical (unpaired) electrons. The van der Waals surface area contributed by atoms with Crippen molar-refractivity contribution in [2.75, 3.05) is 0 Å². The minimum absolute atomic E-state index is 0.0512. The smallest absolute Gasteiger partial charge is 0.346 e. The molecule has 9 nitrogen and oxygen atoms in total. The van der Waals surface area contributed by atoms with E-state index in [1.165, 1.54) is 54.3 Å². The Morgan fingerprint density at radius 3 is 2.52 bits per heavy atom. The summed E-state index contributed by atoms with van der Waals surface area (Å²) < 4.78 is 35.5. The van der Waals surface area contributed by atoms with Crippen LogP contribution in [0.4, 0.5) is 0 Å². The molecular weight excluding hydrogens is 468 g/mol. The maximum atomic E-state index is 12.5. The number of rotatable bonds is 6. The van der Waals surface area contributed by atoms with E-state index in [-0.39, 0.29) is 27.5 Å². The third-order valence-corrected chi connectivity index (χ3v) is 7.38. The van der Waals surface area contributed by atoms with Crippen molar-refractivity contribution in [2.24, 2.45) is 17.0 Å². The molecule has 0 saturated heterocycles. The van der Waals surface area contributed by atoms with E-state index in [0.29, 0.717) is 17.6 Å². The number of hydrogen-bond donors (Lipinski definition) is 1. The van der Waals surface area contributed by atoms with Gasteiger partial charge in [0.05, 0.1) is 10.5 Å². The average Bonchev–Trinajstić information content (AvgIpc) is 3.51. The standard InChI is InChI=1S/C22H21ClN4O5S/c23-21-17(22(28)31-15-3-5-16(6-4-15)33(24,29)30)7-8-19(25-21)27-10-9-20(26-27)32-18-12-13-1-2-14(18)11-13/h3-10,13-14,18H,1-2,11-12H2,(H2,24,29,30)/t13-,14+,18-/m0/s1. The average molecular weight is 489 g/mol. The molecule has 3 aromatic rings. The van der Waals surface area contributed by atoms with E-state index in [9.17, 15) is 13.2 Å². The molecule has 172 valence electrons. The summed E-state index contributed by atoms with van der Waals surface area (Å²) in [4.78, 5) is 16.7. The van der Waals surface area contributed by atoms with Gasteiger partial charge in [0.2, 0.25) is 15.9 Å². The normalized spacial score (nSPS) is 21.8. The number of fused-ring (bicyclic) bond motifs is 2. The number of benzene rings is 1. The molecule has 11 heteroatoms. The fourth-order valence-electron chi connectivity index (χ4n) is 4.55. The first kappa shape index (κ1) is 21.9. The number of carbonyl (C=O) groups is 1. The molecule has 0 spiro atoms. The molecule has 0 amide bonds. The van der Waals surface area contributed by atoms with Gasteiger partial charge in [-0.25, -0.2) is 28.0 Å². The Morgan fingerprint density at radius 1 is 1.09 bits per heavy atom. The van der Waals surface area contributed by atoms with Crippen molar-refractivity contribution in [3.05, 3.63) is 59.4 Å². The van der Waals surface area contributed by atoms with Gasteiger partial charge < -0.3 is 9.47 Å². The minimum Gasteiger partial charge on any atom is -0.473 e. The van der Waals surface area contributed by atoms with Crippen LogP contribution in [0, 0.1) is 11.8 Å². The molecule has 2 bridgehead atoms. The molecule has 0 unspecified atom stereocenters. The predicted molar refractivity (Wildman–Crippen MR) is 119 cm³/mol. The topological polar surface area (TPSA) is 126 Å². The lowest BCUT2D eigenvalue weighted by molar-refractivity contribution is 0.0734. The quantitative estimate of drug-likeness (QED) is 0.320.